The number of benzene rings is 1. The molecule has 0 spiro atoms. The summed E-state index contributed by atoms with van der Waals surface area (Å²) in [6.45, 7) is 2.30. The summed E-state index contributed by atoms with van der Waals surface area (Å²) in [5.74, 6) is -1.50. The van der Waals surface area contributed by atoms with Gasteiger partial charge >= 0.3 is 0 Å². The first-order valence-electron chi connectivity index (χ1n) is 5.00. The molecule has 1 amide bonds. The highest BCUT2D eigenvalue weighted by Gasteiger charge is 2.23. The van der Waals surface area contributed by atoms with Crippen LogP contribution >= 0.6 is 0 Å². The molecular formula is C10H14FN3O3S. The van der Waals surface area contributed by atoms with Crippen molar-refractivity contribution in [1.82, 2.24) is 4.72 Å². The number of nitrogen functional groups attached to an aromatic ring is 1. The first-order chi connectivity index (χ1) is 8.16. The highest BCUT2D eigenvalue weighted by Crippen LogP contribution is 2.27. The predicted molar refractivity (Wildman–Crippen MR) is 64.7 cm³/mol. The van der Waals surface area contributed by atoms with Crippen molar-refractivity contribution in [2.75, 3.05) is 12.3 Å². The second kappa shape index (κ2) is 4.91. The van der Waals surface area contributed by atoms with Gasteiger partial charge in [-0.3, -0.25) is 4.79 Å². The number of carbonyl (C=O) groups is 1. The Labute approximate surface area is 104 Å². The lowest BCUT2D eigenvalue weighted by Crippen LogP contribution is -2.34. The van der Waals surface area contributed by atoms with Gasteiger partial charge in [-0.2, -0.15) is 0 Å². The lowest BCUT2D eigenvalue weighted by atomic mass is 10.1. The number of anilines is 1. The minimum atomic E-state index is -3.95. The van der Waals surface area contributed by atoms with Crippen molar-refractivity contribution in [2.45, 2.75) is 18.7 Å². The van der Waals surface area contributed by atoms with Crippen LogP contribution < -0.4 is 16.2 Å². The number of nitrogens with one attached hydrogen (secondary N) is 1. The molecule has 0 heterocycles. The average molecular weight is 275 g/mol. The van der Waals surface area contributed by atoms with Gasteiger partial charge in [0.05, 0.1) is 17.1 Å². The molecule has 8 heteroatoms. The van der Waals surface area contributed by atoms with Crippen molar-refractivity contribution in [1.29, 1.82) is 0 Å². The Morgan fingerprint density at radius 2 is 2.00 bits per heavy atom. The maximum atomic E-state index is 13.3. The van der Waals surface area contributed by atoms with Gasteiger partial charge in [0, 0.05) is 0 Å². The molecule has 0 radical (unpaired) electrons. The maximum Gasteiger partial charge on any atom is 0.241 e. The third-order valence-corrected chi connectivity index (χ3v) is 4.10. The number of carbonyl (C=O) groups excluding carboxylic acids is 1. The Hall–Kier alpha value is -1.67. The molecule has 0 aliphatic rings. The zero-order valence-electron chi connectivity index (χ0n) is 9.95. The predicted octanol–water partition coefficient (Wildman–Crippen LogP) is -0.212. The van der Waals surface area contributed by atoms with Gasteiger partial charge < -0.3 is 11.5 Å². The van der Waals surface area contributed by atoms with Gasteiger partial charge in [0.1, 0.15) is 5.82 Å². The molecule has 0 saturated carbocycles. The summed E-state index contributed by atoms with van der Waals surface area (Å²) in [4.78, 5) is 10.4. The van der Waals surface area contributed by atoms with Crippen LogP contribution in [-0.4, -0.2) is 20.9 Å². The molecule has 0 fully saturated rings. The largest absolute Gasteiger partial charge is 0.396 e. The topological polar surface area (TPSA) is 115 Å². The molecule has 0 bridgehead atoms. The lowest BCUT2D eigenvalue weighted by molar-refractivity contribution is -0.116. The number of hydrogen-bond donors (Lipinski definition) is 3. The fraction of sp³-hybridized carbons (Fsp3) is 0.300. The highest BCUT2D eigenvalue weighted by atomic mass is 32.2. The Balaban J connectivity index is 3.33. The van der Waals surface area contributed by atoms with Crippen LogP contribution in [-0.2, 0) is 14.8 Å². The van der Waals surface area contributed by atoms with Gasteiger partial charge in [0.15, 0.2) is 0 Å². The van der Waals surface area contributed by atoms with Gasteiger partial charge in [-0.25, -0.2) is 17.5 Å². The van der Waals surface area contributed by atoms with Crippen LogP contribution in [0.15, 0.2) is 11.0 Å². The lowest BCUT2D eigenvalue weighted by Gasteiger charge is -2.13. The van der Waals surface area contributed by atoms with Gasteiger partial charge in [-0.05, 0) is 31.0 Å². The molecule has 0 atom stereocenters. The monoisotopic (exact) mass is 275 g/mol. The molecule has 6 nitrogen and oxygen atoms in total. The Morgan fingerprint density at radius 3 is 2.50 bits per heavy atom. The number of halogens is 1. The smallest absolute Gasteiger partial charge is 0.241 e. The molecular weight excluding hydrogens is 261 g/mol. The van der Waals surface area contributed by atoms with Crippen molar-refractivity contribution >= 4 is 21.6 Å². The minimum absolute atomic E-state index is 0.101. The first-order valence-corrected chi connectivity index (χ1v) is 6.48. The summed E-state index contributed by atoms with van der Waals surface area (Å²) in [6.07, 6.45) is 0. The van der Waals surface area contributed by atoms with Crippen LogP contribution in [0.4, 0.5) is 10.1 Å². The second-order valence-corrected chi connectivity index (χ2v) is 5.54. The van der Waals surface area contributed by atoms with E-state index in [2.05, 4.69) is 0 Å². The van der Waals surface area contributed by atoms with Crippen LogP contribution in [0.25, 0.3) is 0 Å². The number of primary amides is 1. The molecule has 0 aliphatic carbocycles. The fourth-order valence-electron chi connectivity index (χ4n) is 1.58. The van der Waals surface area contributed by atoms with Crippen LogP contribution in [0, 0.1) is 19.7 Å². The summed E-state index contributed by atoms with van der Waals surface area (Å²) in [5, 5.41) is 0. The number of hydrogen-bond acceptors (Lipinski definition) is 4. The SMILES string of the molecule is Cc1cc(F)c(N)c(C)c1S(=O)(=O)NCC(N)=O. The fourth-order valence-corrected chi connectivity index (χ4v) is 3.05. The van der Waals surface area contributed by atoms with Crippen LogP contribution in [0.3, 0.4) is 0 Å². The zero-order chi connectivity index (χ0) is 14.1. The summed E-state index contributed by atoms with van der Waals surface area (Å²) < 4.78 is 39.2. The Kier molecular flexibility index (Phi) is 3.92. The number of amides is 1. The van der Waals surface area contributed by atoms with Crippen LogP contribution in [0.1, 0.15) is 11.1 Å². The van der Waals surface area contributed by atoms with E-state index >= 15 is 0 Å². The van der Waals surface area contributed by atoms with Crippen LogP contribution in [0.5, 0.6) is 0 Å². The number of nitrogens with two attached hydrogens (primary N) is 2. The molecule has 0 unspecified atom stereocenters. The maximum absolute atomic E-state index is 13.3. The van der Waals surface area contributed by atoms with Gasteiger partial charge in [0.2, 0.25) is 15.9 Å². The third-order valence-electron chi connectivity index (χ3n) is 2.41. The highest BCUT2D eigenvalue weighted by molar-refractivity contribution is 7.89. The van der Waals surface area contributed by atoms with Crippen molar-refractivity contribution in [2.24, 2.45) is 5.73 Å². The van der Waals surface area contributed by atoms with E-state index in [1.807, 2.05) is 4.72 Å². The molecule has 100 valence electrons. The van der Waals surface area contributed by atoms with Gasteiger partial charge in [-0.15, -0.1) is 0 Å². The van der Waals surface area contributed by atoms with Crippen molar-refractivity contribution in [3.63, 3.8) is 0 Å². The molecule has 0 aliphatic heterocycles. The molecule has 5 N–H and O–H groups in total. The molecule has 0 saturated heterocycles. The van der Waals surface area contributed by atoms with Crippen molar-refractivity contribution in [3.8, 4) is 0 Å². The standard InChI is InChI=1S/C10H14FN3O3S/c1-5-3-7(11)9(13)6(2)10(5)18(16,17)14-4-8(12)15/h3,14H,4,13H2,1-2H3,(H2,12,15). The van der Waals surface area contributed by atoms with Gasteiger partial charge in [-0.1, -0.05) is 0 Å². The van der Waals surface area contributed by atoms with E-state index in [1.165, 1.54) is 13.8 Å². The summed E-state index contributed by atoms with van der Waals surface area (Å²) in [7, 11) is -3.95. The van der Waals surface area contributed by atoms with E-state index in [9.17, 15) is 17.6 Å². The number of aryl methyl sites for hydroxylation is 1. The van der Waals surface area contributed by atoms with E-state index in [1.54, 1.807) is 0 Å². The Morgan fingerprint density at radius 1 is 1.44 bits per heavy atom. The zero-order valence-corrected chi connectivity index (χ0v) is 10.8. The third kappa shape index (κ3) is 2.77. The molecule has 1 rings (SSSR count). The summed E-state index contributed by atoms with van der Waals surface area (Å²) >= 11 is 0. The normalized spacial score (nSPS) is 11.5. The molecule has 18 heavy (non-hydrogen) atoms. The van der Waals surface area contributed by atoms with E-state index in [0.717, 1.165) is 6.07 Å². The minimum Gasteiger partial charge on any atom is -0.396 e. The first kappa shape index (κ1) is 14.4. The van der Waals surface area contributed by atoms with Gasteiger partial charge in [0.25, 0.3) is 0 Å². The second-order valence-electron chi connectivity index (χ2n) is 3.83. The van der Waals surface area contributed by atoms with E-state index < -0.39 is 28.3 Å². The molecule has 0 aromatic heterocycles. The van der Waals surface area contributed by atoms with Crippen molar-refractivity contribution < 1.29 is 17.6 Å². The van der Waals surface area contributed by atoms with E-state index in [0.29, 0.717) is 0 Å². The average Bonchev–Trinajstić information content (AvgIpc) is 2.23. The van der Waals surface area contributed by atoms with E-state index in [4.69, 9.17) is 11.5 Å². The number of sulfonamides is 1. The molecule has 1 aromatic rings. The summed E-state index contributed by atoms with van der Waals surface area (Å²) in [5.41, 5.74) is 10.4. The Bertz CT molecular complexity index is 599. The quantitative estimate of drug-likeness (QED) is 0.659. The summed E-state index contributed by atoms with van der Waals surface area (Å²) in [6, 6.07) is 1.03. The molecule has 1 aromatic carbocycles. The van der Waals surface area contributed by atoms with Crippen LogP contribution in [0.2, 0.25) is 0 Å². The number of rotatable bonds is 4. The van der Waals surface area contributed by atoms with Crippen molar-refractivity contribution in [3.05, 3.63) is 23.0 Å². The van der Waals surface area contributed by atoms with E-state index in [-0.39, 0.29) is 21.7 Å².